The van der Waals surface area contributed by atoms with E-state index in [2.05, 4.69) is 13.8 Å². The number of rotatable bonds is 1. The van der Waals surface area contributed by atoms with Crippen LogP contribution in [0, 0.1) is 5.41 Å². The summed E-state index contributed by atoms with van der Waals surface area (Å²) >= 11 is 9.67. The zero-order valence-electron chi connectivity index (χ0n) is 9.57. The summed E-state index contributed by atoms with van der Waals surface area (Å²) in [5, 5.41) is 8.97. The molecule has 0 bridgehead atoms. The second-order valence-corrected chi connectivity index (χ2v) is 7.54. The Balaban J connectivity index is 2.37. The molecule has 0 saturated heterocycles. The summed E-state index contributed by atoms with van der Waals surface area (Å²) in [4.78, 5) is 13.0. The predicted octanol–water partition coefficient (Wildman–Crippen LogP) is 4.17. The number of hydrogen-bond donors (Lipinski definition) is 1. The zero-order valence-corrected chi connectivity index (χ0v) is 12.0. The molecule has 1 atom stereocenters. The van der Waals surface area contributed by atoms with Crippen LogP contribution in [0.3, 0.4) is 0 Å². The third-order valence-electron chi connectivity index (χ3n) is 2.64. The van der Waals surface area contributed by atoms with E-state index in [0.717, 1.165) is 15.5 Å². The molecule has 5 heteroatoms. The van der Waals surface area contributed by atoms with Crippen LogP contribution in [0.1, 0.15) is 24.2 Å². The Labute approximate surface area is 114 Å². The molecule has 1 aromatic carbocycles. The van der Waals surface area contributed by atoms with E-state index in [-0.39, 0.29) is 10.1 Å². The van der Waals surface area contributed by atoms with Gasteiger partial charge in [0.2, 0.25) is 0 Å². The molecule has 1 aliphatic heterocycles. The number of alkyl halides is 1. The van der Waals surface area contributed by atoms with E-state index < -0.39 is 5.97 Å². The molecular formula is C12H13ClO2S2. The lowest BCUT2D eigenvalue weighted by atomic mass is 10.00. The maximum atomic E-state index is 10.9. The fourth-order valence-corrected chi connectivity index (χ4v) is 4.40. The molecule has 0 fully saturated rings. The summed E-state index contributed by atoms with van der Waals surface area (Å²) in [6.07, 6.45) is 0. The lowest BCUT2D eigenvalue weighted by molar-refractivity contribution is 0.0696. The van der Waals surface area contributed by atoms with Gasteiger partial charge in [0.1, 0.15) is 0 Å². The number of carboxylic acids is 1. The van der Waals surface area contributed by atoms with Crippen LogP contribution >= 0.6 is 35.1 Å². The standard InChI is InChI=1S/C12H13ClO2S2/c1-12(2)6-16-9-5-7(10(14)15)3-4-8(9)17-11(12)13/h3-5,11H,6H2,1-2H3,(H,14,15). The van der Waals surface area contributed by atoms with E-state index in [1.165, 1.54) is 0 Å². The number of fused-ring (bicyclic) bond motifs is 1. The molecule has 0 aliphatic carbocycles. The molecule has 2 rings (SSSR count). The number of thioether (sulfide) groups is 2. The highest BCUT2D eigenvalue weighted by atomic mass is 35.5. The number of benzene rings is 1. The zero-order chi connectivity index (χ0) is 12.6. The molecule has 1 unspecified atom stereocenters. The van der Waals surface area contributed by atoms with Crippen molar-refractivity contribution in [1.82, 2.24) is 0 Å². The highest BCUT2D eigenvalue weighted by molar-refractivity contribution is 8.04. The second kappa shape index (κ2) is 4.75. The number of carboxylic acid groups (broad SMARTS) is 1. The van der Waals surface area contributed by atoms with E-state index in [1.54, 1.807) is 35.7 Å². The van der Waals surface area contributed by atoms with Gasteiger partial charge >= 0.3 is 5.97 Å². The molecule has 2 nitrogen and oxygen atoms in total. The summed E-state index contributed by atoms with van der Waals surface area (Å²) in [7, 11) is 0. The molecule has 0 aromatic heterocycles. The minimum absolute atomic E-state index is 0.00641. The van der Waals surface area contributed by atoms with Crippen LogP contribution in [0.2, 0.25) is 0 Å². The Hall–Kier alpha value is -0.320. The van der Waals surface area contributed by atoms with Gasteiger partial charge in [-0.1, -0.05) is 13.8 Å². The number of aromatic carboxylic acids is 1. The Bertz CT molecular complexity index is 460. The average molecular weight is 289 g/mol. The van der Waals surface area contributed by atoms with Gasteiger partial charge in [-0.05, 0) is 18.2 Å². The SMILES string of the molecule is CC1(C)CSc2cc(C(=O)O)ccc2SC1Cl. The fourth-order valence-electron chi connectivity index (χ4n) is 1.45. The van der Waals surface area contributed by atoms with Crippen LogP contribution in [0.4, 0.5) is 0 Å². The Kier molecular flexibility index (Phi) is 3.66. The third-order valence-corrected chi connectivity index (χ3v) is 6.61. The molecular weight excluding hydrogens is 276 g/mol. The maximum Gasteiger partial charge on any atom is 0.335 e. The maximum absolute atomic E-state index is 10.9. The van der Waals surface area contributed by atoms with Gasteiger partial charge < -0.3 is 5.11 Å². The number of carbonyl (C=O) groups is 1. The van der Waals surface area contributed by atoms with E-state index in [1.807, 2.05) is 6.07 Å². The second-order valence-electron chi connectivity index (χ2n) is 4.68. The average Bonchev–Trinajstić information content (AvgIpc) is 2.37. The first-order valence-electron chi connectivity index (χ1n) is 5.21. The lowest BCUT2D eigenvalue weighted by Crippen LogP contribution is -2.23. The molecule has 1 aromatic rings. The normalized spacial score (nSPS) is 22.6. The summed E-state index contributed by atoms with van der Waals surface area (Å²) in [5.41, 5.74) is 0.363. The van der Waals surface area contributed by atoms with Gasteiger partial charge in [0.25, 0.3) is 0 Å². The molecule has 17 heavy (non-hydrogen) atoms. The van der Waals surface area contributed by atoms with Crippen molar-refractivity contribution in [3.05, 3.63) is 23.8 Å². The van der Waals surface area contributed by atoms with E-state index >= 15 is 0 Å². The largest absolute Gasteiger partial charge is 0.478 e. The fraction of sp³-hybridized carbons (Fsp3) is 0.417. The first kappa shape index (κ1) is 13.1. The van der Waals surface area contributed by atoms with Gasteiger partial charge in [-0.25, -0.2) is 4.79 Å². The monoisotopic (exact) mass is 288 g/mol. The number of halogens is 1. The van der Waals surface area contributed by atoms with Crippen molar-refractivity contribution in [3.63, 3.8) is 0 Å². The van der Waals surface area contributed by atoms with Gasteiger partial charge in [-0.2, -0.15) is 0 Å². The molecule has 0 saturated carbocycles. The Morgan fingerprint density at radius 2 is 2.18 bits per heavy atom. The Morgan fingerprint density at radius 3 is 2.82 bits per heavy atom. The van der Waals surface area contributed by atoms with Crippen molar-refractivity contribution in [2.24, 2.45) is 5.41 Å². The summed E-state index contributed by atoms with van der Waals surface area (Å²) in [6, 6.07) is 5.23. The van der Waals surface area contributed by atoms with Crippen molar-refractivity contribution in [3.8, 4) is 0 Å². The lowest BCUT2D eigenvalue weighted by Gasteiger charge is -2.26. The van der Waals surface area contributed by atoms with Crippen LogP contribution in [-0.2, 0) is 0 Å². The summed E-state index contributed by atoms with van der Waals surface area (Å²) in [6.45, 7) is 4.27. The minimum atomic E-state index is -0.885. The molecule has 0 spiro atoms. The van der Waals surface area contributed by atoms with Crippen molar-refractivity contribution >= 4 is 41.1 Å². The molecule has 92 valence electrons. The highest BCUT2D eigenvalue weighted by Crippen LogP contribution is 2.48. The van der Waals surface area contributed by atoms with Gasteiger partial charge in [0.05, 0.1) is 10.3 Å². The third kappa shape index (κ3) is 2.75. The van der Waals surface area contributed by atoms with Crippen LogP contribution in [0.15, 0.2) is 28.0 Å². The summed E-state index contributed by atoms with van der Waals surface area (Å²) < 4.78 is 0.00641. The van der Waals surface area contributed by atoms with Crippen LogP contribution < -0.4 is 0 Å². The van der Waals surface area contributed by atoms with E-state index in [0.29, 0.717) is 5.56 Å². The molecule has 1 heterocycles. The van der Waals surface area contributed by atoms with Crippen LogP contribution in [-0.4, -0.2) is 21.5 Å². The molecule has 0 amide bonds. The quantitative estimate of drug-likeness (QED) is 0.787. The van der Waals surface area contributed by atoms with Crippen molar-refractivity contribution in [2.75, 3.05) is 5.75 Å². The van der Waals surface area contributed by atoms with Gasteiger partial charge in [0.15, 0.2) is 0 Å². The van der Waals surface area contributed by atoms with Crippen LogP contribution in [0.5, 0.6) is 0 Å². The van der Waals surface area contributed by atoms with Crippen LogP contribution in [0.25, 0.3) is 0 Å². The van der Waals surface area contributed by atoms with Gasteiger partial charge in [-0.15, -0.1) is 35.1 Å². The summed E-state index contributed by atoms with van der Waals surface area (Å²) in [5.74, 6) is 0.00822. The topological polar surface area (TPSA) is 37.3 Å². The first-order valence-corrected chi connectivity index (χ1v) is 7.51. The molecule has 1 aliphatic rings. The van der Waals surface area contributed by atoms with E-state index in [4.69, 9.17) is 16.7 Å². The van der Waals surface area contributed by atoms with Gasteiger partial charge in [-0.3, -0.25) is 0 Å². The van der Waals surface area contributed by atoms with Gasteiger partial charge in [0, 0.05) is 21.0 Å². The minimum Gasteiger partial charge on any atom is -0.478 e. The Morgan fingerprint density at radius 1 is 1.47 bits per heavy atom. The molecule has 1 N–H and O–H groups in total. The smallest absolute Gasteiger partial charge is 0.335 e. The highest BCUT2D eigenvalue weighted by Gasteiger charge is 2.32. The first-order chi connectivity index (χ1) is 7.90. The molecule has 0 radical (unpaired) electrons. The van der Waals surface area contributed by atoms with Crippen molar-refractivity contribution < 1.29 is 9.90 Å². The van der Waals surface area contributed by atoms with Crippen molar-refractivity contribution in [1.29, 1.82) is 0 Å². The number of hydrogen-bond acceptors (Lipinski definition) is 3. The van der Waals surface area contributed by atoms with E-state index in [9.17, 15) is 4.79 Å². The van der Waals surface area contributed by atoms with Crippen molar-refractivity contribution in [2.45, 2.75) is 28.3 Å². The predicted molar refractivity (Wildman–Crippen MR) is 73.4 cm³/mol.